The lowest BCUT2D eigenvalue weighted by atomic mass is 9.92. The van der Waals surface area contributed by atoms with E-state index < -0.39 is 0 Å². The van der Waals surface area contributed by atoms with Crippen molar-refractivity contribution in [2.75, 3.05) is 13.1 Å². The molecule has 1 heterocycles. The van der Waals surface area contributed by atoms with Crippen LogP contribution in [0.2, 0.25) is 0 Å². The van der Waals surface area contributed by atoms with Gasteiger partial charge < -0.3 is 5.73 Å². The minimum absolute atomic E-state index is 0.569. The fourth-order valence-corrected chi connectivity index (χ4v) is 2.87. The third-order valence-electron chi connectivity index (χ3n) is 4.19. The van der Waals surface area contributed by atoms with Crippen LogP contribution in [0.25, 0.3) is 0 Å². The molecule has 0 amide bonds. The monoisotopic (exact) mass is 246 g/mol. The second-order valence-corrected chi connectivity index (χ2v) is 5.66. The van der Waals surface area contributed by atoms with Crippen LogP contribution >= 0.6 is 0 Å². The zero-order chi connectivity index (χ0) is 13.0. The smallest absolute Gasteiger partial charge is 0.0237 e. The average molecular weight is 246 g/mol. The van der Waals surface area contributed by atoms with Gasteiger partial charge in [-0.2, -0.15) is 0 Å². The average Bonchev–Trinajstić information content (AvgIpc) is 2.41. The fraction of sp³-hybridized carbons (Fsp3) is 0.625. The van der Waals surface area contributed by atoms with Gasteiger partial charge in [0.2, 0.25) is 0 Å². The molecule has 1 aliphatic heterocycles. The van der Waals surface area contributed by atoms with Crippen molar-refractivity contribution in [2.45, 2.75) is 45.7 Å². The van der Waals surface area contributed by atoms with E-state index in [-0.39, 0.29) is 0 Å². The first-order chi connectivity index (χ1) is 8.72. The van der Waals surface area contributed by atoms with Crippen molar-refractivity contribution in [3.05, 3.63) is 35.4 Å². The molecule has 0 saturated carbocycles. The van der Waals surface area contributed by atoms with Crippen LogP contribution < -0.4 is 5.73 Å². The number of piperidine rings is 1. The van der Waals surface area contributed by atoms with Crippen LogP contribution in [0.15, 0.2) is 24.3 Å². The lowest BCUT2D eigenvalue weighted by Gasteiger charge is -2.38. The Hall–Kier alpha value is -0.860. The molecular formula is C16H26N2. The summed E-state index contributed by atoms with van der Waals surface area (Å²) in [5.41, 5.74) is 8.75. The number of hydrogen-bond acceptors (Lipinski definition) is 2. The molecule has 0 aliphatic carbocycles. The van der Waals surface area contributed by atoms with Gasteiger partial charge in [-0.15, -0.1) is 0 Å². The maximum absolute atomic E-state index is 5.91. The van der Waals surface area contributed by atoms with Crippen molar-refractivity contribution in [1.82, 2.24) is 4.90 Å². The molecule has 1 aliphatic rings. The number of nitrogens with two attached hydrogens (primary N) is 1. The van der Waals surface area contributed by atoms with Crippen molar-refractivity contribution in [1.29, 1.82) is 0 Å². The summed E-state index contributed by atoms with van der Waals surface area (Å²) in [6, 6.07) is 9.60. The highest BCUT2D eigenvalue weighted by Crippen LogP contribution is 2.23. The van der Waals surface area contributed by atoms with Crippen LogP contribution in [0.4, 0.5) is 0 Å². The van der Waals surface area contributed by atoms with Gasteiger partial charge >= 0.3 is 0 Å². The first kappa shape index (κ1) is 13.6. The zero-order valence-electron chi connectivity index (χ0n) is 11.7. The third-order valence-corrected chi connectivity index (χ3v) is 4.19. The molecule has 1 aromatic rings. The minimum atomic E-state index is 0.569. The quantitative estimate of drug-likeness (QED) is 0.885. The molecule has 18 heavy (non-hydrogen) atoms. The Kier molecular flexibility index (Phi) is 4.79. The molecule has 2 heteroatoms. The summed E-state index contributed by atoms with van der Waals surface area (Å²) in [7, 11) is 0. The molecule has 2 nitrogen and oxygen atoms in total. The second kappa shape index (κ2) is 6.35. The summed E-state index contributed by atoms with van der Waals surface area (Å²) >= 11 is 0. The lowest BCUT2D eigenvalue weighted by Crippen LogP contribution is -2.45. The van der Waals surface area contributed by atoms with Gasteiger partial charge in [-0.05, 0) is 42.9 Å². The number of rotatable bonds is 4. The maximum Gasteiger partial charge on any atom is 0.0237 e. The van der Waals surface area contributed by atoms with Gasteiger partial charge in [0.1, 0.15) is 0 Å². The van der Waals surface area contributed by atoms with Crippen molar-refractivity contribution < 1.29 is 0 Å². The van der Waals surface area contributed by atoms with Crippen molar-refractivity contribution in [3.63, 3.8) is 0 Å². The largest absolute Gasteiger partial charge is 0.329 e. The first-order valence-electron chi connectivity index (χ1n) is 7.24. The standard InChI is InChI=1S/C16H26N2/c1-3-14-4-6-15(7-5-14)12-18-9-8-13(2)10-16(18)11-17/h4-7,13,16H,3,8-12,17H2,1-2H3. The van der Waals surface area contributed by atoms with Crippen molar-refractivity contribution in [2.24, 2.45) is 11.7 Å². The molecular weight excluding hydrogens is 220 g/mol. The molecule has 1 fully saturated rings. The Balaban J connectivity index is 1.98. The first-order valence-corrected chi connectivity index (χ1v) is 7.24. The van der Waals surface area contributed by atoms with Gasteiger partial charge in [-0.3, -0.25) is 4.90 Å². The van der Waals surface area contributed by atoms with E-state index in [4.69, 9.17) is 5.73 Å². The number of nitrogens with zero attached hydrogens (tertiary/aromatic N) is 1. The predicted molar refractivity (Wildman–Crippen MR) is 77.5 cm³/mol. The Morgan fingerprint density at radius 2 is 1.89 bits per heavy atom. The summed E-state index contributed by atoms with van der Waals surface area (Å²) in [6.07, 6.45) is 3.68. The van der Waals surface area contributed by atoms with E-state index in [1.165, 1.54) is 30.5 Å². The number of benzene rings is 1. The van der Waals surface area contributed by atoms with E-state index in [1.54, 1.807) is 0 Å². The van der Waals surface area contributed by atoms with Crippen LogP contribution in [-0.2, 0) is 13.0 Å². The summed E-state index contributed by atoms with van der Waals surface area (Å²) in [6.45, 7) is 7.58. The molecule has 2 unspecified atom stereocenters. The SMILES string of the molecule is CCc1ccc(CN2CCC(C)CC2CN)cc1. The van der Waals surface area contributed by atoms with Gasteiger partial charge in [-0.1, -0.05) is 38.1 Å². The lowest BCUT2D eigenvalue weighted by molar-refractivity contribution is 0.115. The van der Waals surface area contributed by atoms with Gasteiger partial charge in [0, 0.05) is 19.1 Å². The van der Waals surface area contributed by atoms with E-state index in [2.05, 4.69) is 43.0 Å². The summed E-state index contributed by atoms with van der Waals surface area (Å²) in [4.78, 5) is 2.56. The zero-order valence-corrected chi connectivity index (χ0v) is 11.7. The van der Waals surface area contributed by atoms with Gasteiger partial charge in [0.15, 0.2) is 0 Å². The molecule has 2 rings (SSSR count). The Labute approximate surface area is 111 Å². The van der Waals surface area contributed by atoms with E-state index >= 15 is 0 Å². The summed E-state index contributed by atoms with van der Waals surface area (Å²) < 4.78 is 0. The molecule has 100 valence electrons. The van der Waals surface area contributed by atoms with E-state index in [9.17, 15) is 0 Å². The molecule has 0 aromatic heterocycles. The maximum atomic E-state index is 5.91. The van der Waals surface area contributed by atoms with E-state index in [0.717, 1.165) is 25.4 Å². The van der Waals surface area contributed by atoms with Crippen molar-refractivity contribution in [3.8, 4) is 0 Å². The highest BCUT2D eigenvalue weighted by atomic mass is 15.2. The number of hydrogen-bond donors (Lipinski definition) is 1. The molecule has 0 bridgehead atoms. The highest BCUT2D eigenvalue weighted by Gasteiger charge is 2.24. The van der Waals surface area contributed by atoms with E-state index in [0.29, 0.717) is 6.04 Å². The third kappa shape index (κ3) is 3.33. The summed E-state index contributed by atoms with van der Waals surface area (Å²) in [5, 5.41) is 0. The van der Waals surface area contributed by atoms with Crippen molar-refractivity contribution >= 4 is 0 Å². The van der Waals surface area contributed by atoms with Crippen LogP contribution in [0, 0.1) is 5.92 Å². The fourth-order valence-electron chi connectivity index (χ4n) is 2.87. The van der Waals surface area contributed by atoms with E-state index in [1.807, 2.05) is 0 Å². The summed E-state index contributed by atoms with van der Waals surface area (Å²) in [5.74, 6) is 0.831. The topological polar surface area (TPSA) is 29.3 Å². The van der Waals surface area contributed by atoms with Crippen LogP contribution in [-0.4, -0.2) is 24.0 Å². The van der Waals surface area contributed by atoms with Gasteiger partial charge in [-0.25, -0.2) is 0 Å². The minimum Gasteiger partial charge on any atom is -0.329 e. The second-order valence-electron chi connectivity index (χ2n) is 5.66. The molecule has 1 saturated heterocycles. The normalized spacial score (nSPS) is 25.3. The van der Waals surface area contributed by atoms with Gasteiger partial charge in [0.25, 0.3) is 0 Å². The molecule has 0 spiro atoms. The molecule has 2 atom stereocenters. The number of aryl methyl sites for hydroxylation is 1. The van der Waals surface area contributed by atoms with Crippen LogP contribution in [0.1, 0.15) is 37.8 Å². The number of likely N-dealkylation sites (tertiary alicyclic amines) is 1. The molecule has 1 aromatic carbocycles. The highest BCUT2D eigenvalue weighted by molar-refractivity contribution is 5.22. The van der Waals surface area contributed by atoms with Crippen LogP contribution in [0.3, 0.4) is 0 Å². The van der Waals surface area contributed by atoms with Crippen LogP contribution in [0.5, 0.6) is 0 Å². The molecule has 2 N–H and O–H groups in total. The Morgan fingerprint density at radius 3 is 2.50 bits per heavy atom. The van der Waals surface area contributed by atoms with Gasteiger partial charge in [0.05, 0.1) is 0 Å². The predicted octanol–water partition coefficient (Wildman–Crippen LogP) is 2.81. The molecule has 0 radical (unpaired) electrons. The Morgan fingerprint density at radius 1 is 1.22 bits per heavy atom. The Bertz CT molecular complexity index is 358.